The van der Waals surface area contributed by atoms with E-state index in [1.165, 1.54) is 11.1 Å². The molecule has 0 bridgehead atoms. The molecule has 1 atom stereocenters. The normalized spacial score (nSPS) is 21.2. The van der Waals surface area contributed by atoms with Gasteiger partial charge in [0.2, 0.25) is 0 Å². The van der Waals surface area contributed by atoms with E-state index in [1.807, 2.05) is 12.1 Å². The van der Waals surface area contributed by atoms with Crippen LogP contribution < -0.4 is 5.90 Å². The first-order valence-corrected chi connectivity index (χ1v) is 4.43. The van der Waals surface area contributed by atoms with Gasteiger partial charge >= 0.3 is 0 Å². The molecule has 2 N–H and O–H groups in total. The maximum atomic E-state index is 5.54. The molecule has 1 aliphatic rings. The van der Waals surface area contributed by atoms with E-state index in [4.69, 9.17) is 10.6 Å². The van der Waals surface area contributed by atoms with Crippen molar-refractivity contribution in [2.45, 2.75) is 12.5 Å². The lowest BCUT2D eigenvalue weighted by Gasteiger charge is -2.24. The average molecular weight is 179 g/mol. The van der Waals surface area contributed by atoms with E-state index in [1.54, 1.807) is 0 Å². The van der Waals surface area contributed by atoms with Crippen molar-refractivity contribution >= 4 is 0 Å². The second-order valence-corrected chi connectivity index (χ2v) is 3.14. The lowest BCUT2D eigenvalue weighted by Crippen LogP contribution is -2.21. The van der Waals surface area contributed by atoms with Crippen molar-refractivity contribution in [1.29, 1.82) is 0 Å². The van der Waals surface area contributed by atoms with Crippen molar-refractivity contribution < 1.29 is 9.57 Å². The van der Waals surface area contributed by atoms with Crippen LogP contribution in [0.15, 0.2) is 24.3 Å². The third kappa shape index (κ3) is 1.72. The largest absolute Gasteiger partial charge is 0.371 e. The predicted octanol–water partition coefficient (Wildman–Crippen LogP) is 1.19. The van der Waals surface area contributed by atoms with Crippen LogP contribution in [-0.4, -0.2) is 13.2 Å². The molecule has 0 spiro atoms. The van der Waals surface area contributed by atoms with Crippen molar-refractivity contribution in [1.82, 2.24) is 0 Å². The number of ether oxygens (including phenoxy) is 1. The van der Waals surface area contributed by atoms with E-state index in [-0.39, 0.29) is 6.10 Å². The van der Waals surface area contributed by atoms with Gasteiger partial charge in [0, 0.05) is 0 Å². The van der Waals surface area contributed by atoms with E-state index < -0.39 is 0 Å². The van der Waals surface area contributed by atoms with Crippen LogP contribution >= 0.6 is 0 Å². The van der Waals surface area contributed by atoms with Crippen molar-refractivity contribution in [3.8, 4) is 0 Å². The molecule has 1 aliphatic heterocycles. The molecule has 3 nitrogen and oxygen atoms in total. The van der Waals surface area contributed by atoms with Crippen LogP contribution in [0.25, 0.3) is 0 Å². The van der Waals surface area contributed by atoms with E-state index >= 15 is 0 Å². The second-order valence-electron chi connectivity index (χ2n) is 3.14. The lowest BCUT2D eigenvalue weighted by atomic mass is 9.98. The molecule has 1 unspecified atom stereocenters. The van der Waals surface area contributed by atoms with Gasteiger partial charge in [-0.05, 0) is 17.5 Å². The van der Waals surface area contributed by atoms with Crippen LogP contribution in [0.1, 0.15) is 17.2 Å². The molecule has 2 rings (SSSR count). The zero-order chi connectivity index (χ0) is 9.10. The first kappa shape index (κ1) is 8.69. The monoisotopic (exact) mass is 179 g/mol. The highest BCUT2D eigenvalue weighted by Gasteiger charge is 2.19. The van der Waals surface area contributed by atoms with Crippen LogP contribution in [-0.2, 0) is 16.0 Å². The summed E-state index contributed by atoms with van der Waals surface area (Å²) in [4.78, 5) is 4.61. The van der Waals surface area contributed by atoms with Crippen LogP contribution in [0.2, 0.25) is 0 Å². The highest BCUT2D eigenvalue weighted by atomic mass is 16.6. The van der Waals surface area contributed by atoms with Gasteiger partial charge in [-0.3, -0.25) is 0 Å². The summed E-state index contributed by atoms with van der Waals surface area (Å²) in [6.45, 7) is 1.18. The van der Waals surface area contributed by atoms with Gasteiger partial charge in [-0.15, -0.1) is 0 Å². The third-order valence-electron chi connectivity index (χ3n) is 2.34. The Hall–Kier alpha value is -0.900. The Balaban J connectivity index is 2.26. The first-order chi connectivity index (χ1) is 6.42. The Bertz CT molecular complexity index is 288. The fraction of sp³-hybridized carbons (Fsp3) is 0.400. The zero-order valence-corrected chi connectivity index (χ0v) is 7.40. The molecule has 0 saturated heterocycles. The van der Waals surface area contributed by atoms with Gasteiger partial charge in [0.05, 0.1) is 13.2 Å². The summed E-state index contributed by atoms with van der Waals surface area (Å²) in [5.41, 5.74) is 2.55. The standard InChI is InChI=1S/C10H13NO2/c11-13-7-10-9-4-2-1-3-8(9)5-6-12-10/h1-4,10H,5-7,11H2. The van der Waals surface area contributed by atoms with E-state index in [0.29, 0.717) is 6.61 Å². The molecular formula is C10H13NO2. The molecule has 0 fully saturated rings. The SMILES string of the molecule is NOCC1OCCc2ccccc21. The van der Waals surface area contributed by atoms with Gasteiger partial charge in [0.15, 0.2) is 0 Å². The van der Waals surface area contributed by atoms with Gasteiger partial charge in [0.25, 0.3) is 0 Å². The molecule has 0 radical (unpaired) electrons. The van der Waals surface area contributed by atoms with Crippen LogP contribution in [0, 0.1) is 0 Å². The maximum absolute atomic E-state index is 5.54. The van der Waals surface area contributed by atoms with Crippen molar-refractivity contribution in [2.24, 2.45) is 5.90 Å². The van der Waals surface area contributed by atoms with Crippen molar-refractivity contribution in [2.75, 3.05) is 13.2 Å². The number of benzene rings is 1. The Morgan fingerprint density at radius 3 is 3.15 bits per heavy atom. The maximum Gasteiger partial charge on any atom is 0.108 e. The minimum Gasteiger partial charge on any atom is -0.371 e. The molecule has 70 valence electrons. The molecule has 0 aromatic heterocycles. The average Bonchev–Trinajstić information content (AvgIpc) is 2.19. The van der Waals surface area contributed by atoms with Crippen molar-refractivity contribution in [3.63, 3.8) is 0 Å². The molecule has 0 aliphatic carbocycles. The molecular weight excluding hydrogens is 166 g/mol. The minimum absolute atomic E-state index is 0.00921. The lowest BCUT2D eigenvalue weighted by molar-refractivity contribution is -0.0257. The fourth-order valence-electron chi connectivity index (χ4n) is 1.70. The van der Waals surface area contributed by atoms with Gasteiger partial charge in [-0.1, -0.05) is 24.3 Å². The van der Waals surface area contributed by atoms with Gasteiger partial charge in [-0.2, -0.15) is 0 Å². The Morgan fingerprint density at radius 2 is 2.31 bits per heavy atom. The van der Waals surface area contributed by atoms with Gasteiger partial charge in [-0.25, -0.2) is 5.90 Å². The summed E-state index contributed by atoms with van der Waals surface area (Å²) < 4.78 is 5.54. The molecule has 1 heterocycles. The van der Waals surface area contributed by atoms with E-state index in [0.717, 1.165) is 13.0 Å². The molecule has 1 aromatic rings. The summed E-state index contributed by atoms with van der Waals surface area (Å²) in [6, 6.07) is 8.25. The predicted molar refractivity (Wildman–Crippen MR) is 49.0 cm³/mol. The first-order valence-electron chi connectivity index (χ1n) is 4.43. The summed E-state index contributed by atoms with van der Waals surface area (Å²) in [7, 11) is 0. The Labute approximate surface area is 77.4 Å². The number of fused-ring (bicyclic) bond motifs is 1. The highest BCUT2D eigenvalue weighted by molar-refractivity contribution is 5.30. The highest BCUT2D eigenvalue weighted by Crippen LogP contribution is 2.26. The van der Waals surface area contributed by atoms with Crippen molar-refractivity contribution in [3.05, 3.63) is 35.4 Å². The topological polar surface area (TPSA) is 44.5 Å². The Kier molecular flexibility index (Phi) is 2.59. The summed E-state index contributed by atoms with van der Waals surface area (Å²) in [5.74, 6) is 5.04. The number of hydrogen-bond acceptors (Lipinski definition) is 3. The van der Waals surface area contributed by atoms with E-state index in [2.05, 4.69) is 17.0 Å². The number of nitrogens with two attached hydrogens (primary N) is 1. The summed E-state index contributed by atoms with van der Waals surface area (Å²) in [5, 5.41) is 0. The van der Waals surface area contributed by atoms with E-state index in [9.17, 15) is 0 Å². The zero-order valence-electron chi connectivity index (χ0n) is 7.40. The van der Waals surface area contributed by atoms with Gasteiger partial charge in [0.1, 0.15) is 6.10 Å². The number of hydrogen-bond donors (Lipinski definition) is 1. The fourth-order valence-corrected chi connectivity index (χ4v) is 1.70. The van der Waals surface area contributed by atoms with Gasteiger partial charge < -0.3 is 9.57 Å². The van der Waals surface area contributed by atoms with Crippen LogP contribution in [0.5, 0.6) is 0 Å². The number of rotatable bonds is 2. The molecule has 0 saturated carbocycles. The van der Waals surface area contributed by atoms with Crippen LogP contribution in [0.3, 0.4) is 0 Å². The smallest absolute Gasteiger partial charge is 0.108 e. The van der Waals surface area contributed by atoms with Crippen LogP contribution in [0.4, 0.5) is 0 Å². The Morgan fingerprint density at radius 1 is 1.46 bits per heavy atom. The quantitative estimate of drug-likeness (QED) is 0.693. The third-order valence-corrected chi connectivity index (χ3v) is 2.34. The molecule has 1 aromatic carbocycles. The second kappa shape index (κ2) is 3.87. The summed E-state index contributed by atoms with van der Waals surface area (Å²) in [6.07, 6.45) is 0.993. The molecule has 13 heavy (non-hydrogen) atoms. The summed E-state index contributed by atoms with van der Waals surface area (Å²) >= 11 is 0. The molecule has 3 heteroatoms. The molecule has 0 amide bonds. The minimum atomic E-state index is 0.00921.